The number of sulfone groups is 1. The Labute approximate surface area is 179 Å². The number of methoxy groups -OCH3 is 1. The Morgan fingerprint density at radius 1 is 0.839 bits per heavy atom. The van der Waals surface area contributed by atoms with Gasteiger partial charge in [-0.05, 0) is 60.2 Å². The first-order valence-electron chi connectivity index (χ1n) is 9.67. The minimum atomic E-state index is -3.26. The summed E-state index contributed by atoms with van der Waals surface area (Å²) in [5.41, 5.74) is 5.28. The van der Waals surface area contributed by atoms with Gasteiger partial charge in [0.1, 0.15) is 5.75 Å². The Balaban J connectivity index is 1.76. The van der Waals surface area contributed by atoms with Gasteiger partial charge in [-0.25, -0.2) is 18.4 Å². The number of ether oxygens (including phenoxy) is 1. The number of hydrogen-bond acceptors (Lipinski definition) is 5. The lowest BCUT2D eigenvalue weighted by Crippen LogP contribution is -1.99. The fourth-order valence-corrected chi connectivity index (χ4v) is 4.29. The molecule has 7 heteroatoms. The van der Waals surface area contributed by atoms with Gasteiger partial charge in [0.2, 0.25) is 5.78 Å². The van der Waals surface area contributed by atoms with Crippen molar-refractivity contribution in [3.63, 3.8) is 0 Å². The van der Waals surface area contributed by atoms with Crippen LogP contribution in [0.4, 0.5) is 0 Å². The first kappa shape index (κ1) is 19.3. The number of imidazole rings is 1. The molecule has 0 amide bonds. The molecule has 2 heterocycles. The highest BCUT2D eigenvalue weighted by molar-refractivity contribution is 7.90. The van der Waals surface area contributed by atoms with Crippen LogP contribution in [0.5, 0.6) is 5.75 Å². The van der Waals surface area contributed by atoms with Crippen molar-refractivity contribution in [3.05, 3.63) is 78.9 Å². The summed E-state index contributed by atoms with van der Waals surface area (Å²) in [7, 11) is -1.62. The van der Waals surface area contributed by atoms with Crippen LogP contribution in [0.3, 0.4) is 0 Å². The minimum Gasteiger partial charge on any atom is -0.497 e. The molecule has 0 aliphatic heterocycles. The Morgan fingerprint density at radius 2 is 1.52 bits per heavy atom. The second-order valence-electron chi connectivity index (χ2n) is 7.29. The maximum absolute atomic E-state index is 11.8. The first-order chi connectivity index (χ1) is 14.9. The lowest BCUT2D eigenvalue weighted by atomic mass is 10.1. The number of benzene rings is 3. The highest BCUT2D eigenvalue weighted by Gasteiger charge is 2.15. The molecule has 0 aliphatic rings. The third kappa shape index (κ3) is 3.43. The Morgan fingerprint density at radius 3 is 2.19 bits per heavy atom. The molecule has 5 aromatic rings. The van der Waals surface area contributed by atoms with Gasteiger partial charge in [-0.15, -0.1) is 0 Å². The molecule has 2 aromatic heterocycles. The maximum Gasteiger partial charge on any atom is 0.235 e. The summed E-state index contributed by atoms with van der Waals surface area (Å²) in [6.07, 6.45) is 1.20. The molecule has 154 valence electrons. The van der Waals surface area contributed by atoms with E-state index in [9.17, 15) is 8.42 Å². The topological polar surface area (TPSA) is 73.6 Å². The lowest BCUT2D eigenvalue weighted by Gasteiger charge is -2.11. The van der Waals surface area contributed by atoms with Crippen molar-refractivity contribution < 1.29 is 13.2 Å². The van der Waals surface area contributed by atoms with Crippen molar-refractivity contribution in [2.24, 2.45) is 0 Å². The third-order valence-electron chi connectivity index (χ3n) is 5.24. The molecule has 0 N–H and O–H groups in total. The molecule has 0 saturated carbocycles. The normalized spacial score (nSPS) is 11.8. The fourth-order valence-electron chi connectivity index (χ4n) is 3.65. The van der Waals surface area contributed by atoms with Gasteiger partial charge in [0.25, 0.3) is 0 Å². The summed E-state index contributed by atoms with van der Waals surface area (Å²) in [5, 5.41) is 0. The average Bonchev–Trinajstić information content (AvgIpc) is 3.16. The molecule has 31 heavy (non-hydrogen) atoms. The highest BCUT2D eigenvalue weighted by Crippen LogP contribution is 2.30. The van der Waals surface area contributed by atoms with Crippen LogP contribution >= 0.6 is 0 Å². The van der Waals surface area contributed by atoms with Crippen LogP contribution in [0.1, 0.15) is 0 Å². The molecule has 0 unspecified atom stereocenters. The van der Waals surface area contributed by atoms with Crippen LogP contribution in [0, 0.1) is 0 Å². The molecule has 0 spiro atoms. The number of rotatable bonds is 4. The SMILES string of the molecule is COc1ccc(-c2cc(-c3ccc(S(C)(=O)=O)cc3)nc3nc4ccccc4n23)cc1. The summed E-state index contributed by atoms with van der Waals surface area (Å²) in [4.78, 5) is 9.76. The maximum atomic E-state index is 11.8. The van der Waals surface area contributed by atoms with Gasteiger partial charge in [-0.2, -0.15) is 0 Å². The second kappa shape index (κ2) is 7.21. The zero-order valence-electron chi connectivity index (χ0n) is 17.0. The molecule has 0 saturated heterocycles. The fraction of sp³-hybridized carbons (Fsp3) is 0.0833. The van der Waals surface area contributed by atoms with E-state index in [0.29, 0.717) is 11.5 Å². The van der Waals surface area contributed by atoms with Crippen LogP contribution in [0.25, 0.3) is 39.3 Å². The molecule has 0 aliphatic carbocycles. The minimum absolute atomic E-state index is 0.277. The van der Waals surface area contributed by atoms with Crippen LogP contribution in [-0.4, -0.2) is 36.2 Å². The molecule has 0 bridgehead atoms. The third-order valence-corrected chi connectivity index (χ3v) is 6.37. The largest absolute Gasteiger partial charge is 0.497 e. The zero-order chi connectivity index (χ0) is 21.6. The van der Waals surface area contributed by atoms with E-state index in [0.717, 1.165) is 33.6 Å². The van der Waals surface area contributed by atoms with Gasteiger partial charge in [0, 0.05) is 11.8 Å². The van der Waals surface area contributed by atoms with Gasteiger partial charge in [0.05, 0.1) is 34.4 Å². The predicted octanol–water partition coefficient (Wildman–Crippen LogP) is 4.63. The van der Waals surface area contributed by atoms with Gasteiger partial charge in [-0.1, -0.05) is 24.3 Å². The summed E-state index contributed by atoms with van der Waals surface area (Å²) in [5.74, 6) is 1.36. The zero-order valence-corrected chi connectivity index (χ0v) is 17.8. The van der Waals surface area contributed by atoms with Crippen LogP contribution in [0.15, 0.2) is 83.8 Å². The monoisotopic (exact) mass is 429 g/mol. The molecule has 6 nitrogen and oxygen atoms in total. The van der Waals surface area contributed by atoms with E-state index >= 15 is 0 Å². The van der Waals surface area contributed by atoms with E-state index < -0.39 is 9.84 Å². The number of nitrogens with zero attached hydrogens (tertiary/aromatic N) is 3. The van der Waals surface area contributed by atoms with E-state index in [-0.39, 0.29) is 4.90 Å². The Bertz CT molecular complexity index is 1520. The van der Waals surface area contributed by atoms with Crippen molar-refractivity contribution in [1.82, 2.24) is 14.4 Å². The molecule has 0 fully saturated rings. The highest BCUT2D eigenvalue weighted by atomic mass is 32.2. The molecular formula is C24H19N3O3S. The number of fused-ring (bicyclic) bond motifs is 3. The van der Waals surface area contributed by atoms with Crippen LogP contribution < -0.4 is 4.74 Å². The standard InChI is InChI=1S/C24H19N3O3S/c1-30-18-11-7-17(8-12-18)23-15-21(16-9-13-19(14-10-16)31(2,28)29)26-24-25-20-5-3-4-6-22(20)27(23)24/h3-15H,1-2H3. The van der Waals surface area contributed by atoms with E-state index in [4.69, 9.17) is 14.7 Å². The summed E-state index contributed by atoms with van der Waals surface area (Å²) >= 11 is 0. The van der Waals surface area contributed by atoms with E-state index in [1.165, 1.54) is 6.26 Å². The molecule has 3 aromatic carbocycles. The number of aromatic nitrogens is 3. The summed E-state index contributed by atoms with van der Waals surface area (Å²) in [6, 6.07) is 24.5. The number of hydrogen-bond donors (Lipinski definition) is 0. The molecule has 5 rings (SSSR count). The summed E-state index contributed by atoms with van der Waals surface area (Å²) in [6.45, 7) is 0. The van der Waals surface area contributed by atoms with Crippen molar-refractivity contribution in [2.75, 3.05) is 13.4 Å². The van der Waals surface area contributed by atoms with Gasteiger partial charge < -0.3 is 4.74 Å². The van der Waals surface area contributed by atoms with E-state index in [1.54, 1.807) is 31.4 Å². The van der Waals surface area contributed by atoms with Crippen molar-refractivity contribution in [1.29, 1.82) is 0 Å². The quantitative estimate of drug-likeness (QED) is 0.416. The lowest BCUT2D eigenvalue weighted by molar-refractivity contribution is 0.415. The average molecular weight is 430 g/mol. The van der Waals surface area contributed by atoms with Gasteiger partial charge in [-0.3, -0.25) is 4.40 Å². The van der Waals surface area contributed by atoms with E-state index in [1.807, 2.05) is 59.0 Å². The molecule has 0 radical (unpaired) electrons. The van der Waals surface area contributed by atoms with Crippen LogP contribution in [-0.2, 0) is 9.84 Å². The van der Waals surface area contributed by atoms with Gasteiger partial charge in [0.15, 0.2) is 9.84 Å². The van der Waals surface area contributed by atoms with Gasteiger partial charge >= 0.3 is 0 Å². The van der Waals surface area contributed by atoms with Crippen molar-refractivity contribution >= 4 is 26.6 Å². The molecular weight excluding hydrogens is 410 g/mol. The first-order valence-corrected chi connectivity index (χ1v) is 11.6. The molecule has 0 atom stereocenters. The second-order valence-corrected chi connectivity index (χ2v) is 9.30. The van der Waals surface area contributed by atoms with E-state index in [2.05, 4.69) is 0 Å². The van der Waals surface area contributed by atoms with Crippen LogP contribution in [0.2, 0.25) is 0 Å². The Hall–Kier alpha value is -3.71. The van der Waals surface area contributed by atoms with Crippen molar-refractivity contribution in [2.45, 2.75) is 4.90 Å². The predicted molar refractivity (Wildman–Crippen MR) is 121 cm³/mol. The Kier molecular flexibility index (Phi) is 4.48. The smallest absolute Gasteiger partial charge is 0.235 e. The number of para-hydroxylation sites is 2. The summed E-state index contributed by atoms with van der Waals surface area (Å²) < 4.78 is 30.9. The van der Waals surface area contributed by atoms with Crippen molar-refractivity contribution in [3.8, 4) is 28.3 Å².